The van der Waals surface area contributed by atoms with Crippen molar-refractivity contribution in [1.82, 2.24) is 39.2 Å². The van der Waals surface area contributed by atoms with Gasteiger partial charge in [0.05, 0.1) is 0 Å². The second-order valence-electron chi connectivity index (χ2n) is 21.0. The van der Waals surface area contributed by atoms with Crippen LogP contribution in [0.5, 0.6) is 0 Å². The molecule has 16 heteroatoms. The summed E-state index contributed by atoms with van der Waals surface area (Å²) in [6.45, 7) is 14.0. The Hall–Kier alpha value is -6.20. The zero-order valence-electron chi connectivity index (χ0n) is 46.4. The van der Waals surface area contributed by atoms with Gasteiger partial charge in [0.15, 0.2) is 0 Å². The topological polar surface area (TPSA) is 186 Å². The lowest BCUT2D eigenvalue weighted by Gasteiger charge is -2.32. The van der Waals surface area contributed by atoms with Crippen molar-refractivity contribution in [2.24, 2.45) is 0 Å². The Morgan fingerprint density at radius 1 is 0.295 bits per heavy atom. The molecule has 0 unspecified atom stereocenters. The summed E-state index contributed by atoms with van der Waals surface area (Å²) in [5, 5.41) is 48.2. The molecule has 0 saturated carbocycles. The number of carbonyl (C=O) groups is 4. The van der Waals surface area contributed by atoms with Gasteiger partial charge in [-0.1, -0.05) is 147 Å². The first-order chi connectivity index (χ1) is 38.0. The molecule has 1 saturated heterocycles. The van der Waals surface area contributed by atoms with Gasteiger partial charge < -0.3 is 78.8 Å². The van der Waals surface area contributed by atoms with Gasteiger partial charge in [0.2, 0.25) is 0 Å². The molecule has 0 aliphatic carbocycles. The molecule has 5 rings (SSSR count). The van der Waals surface area contributed by atoms with Crippen LogP contribution in [-0.2, 0) is 26.2 Å². The number of benzene rings is 4. The highest BCUT2D eigenvalue weighted by Gasteiger charge is 2.17. The van der Waals surface area contributed by atoms with Crippen LogP contribution in [-0.4, -0.2) is 168 Å². The van der Waals surface area contributed by atoms with Crippen LogP contribution < -0.4 is 20.4 Å². The second-order valence-corrected chi connectivity index (χ2v) is 21.0. The monoisotopic (exact) mass is 1070 g/mol. The lowest BCUT2D eigenvalue weighted by molar-refractivity contribution is -0.267. The first kappa shape index (κ1) is 62.6. The number of carboxylic acid groups (broad SMARTS) is 4. The van der Waals surface area contributed by atoms with E-state index < -0.39 is 24.4 Å². The van der Waals surface area contributed by atoms with Gasteiger partial charge in [0, 0.05) is 78.5 Å². The largest absolute Gasteiger partial charge is 0.530 e. The van der Waals surface area contributed by atoms with Gasteiger partial charge in [0.25, 0.3) is 0 Å². The van der Waals surface area contributed by atoms with Crippen molar-refractivity contribution in [3.63, 3.8) is 0 Å². The van der Waals surface area contributed by atoms with E-state index in [-0.39, 0.29) is 0 Å². The Morgan fingerprint density at radius 2 is 0.500 bits per heavy atom. The fraction of sp³-hybridized carbons (Fsp3) is 0.548. The predicted octanol–water partition coefficient (Wildman–Crippen LogP) is 6.05. The highest BCUT2D eigenvalue weighted by atomic mass is 16.4. The van der Waals surface area contributed by atoms with Crippen LogP contribution in [0.25, 0.3) is 0 Å². The molecule has 1 heterocycles. The molecule has 0 radical (unpaired) electrons. The molecule has 4 amide bonds. The van der Waals surface area contributed by atoms with Crippen LogP contribution in [0, 0.1) is 0 Å². The van der Waals surface area contributed by atoms with E-state index in [9.17, 15) is 39.6 Å². The summed E-state index contributed by atoms with van der Waals surface area (Å²) in [5.41, 5.74) is 3.77. The van der Waals surface area contributed by atoms with Crippen molar-refractivity contribution in [3.05, 3.63) is 144 Å². The minimum Gasteiger partial charge on any atom is -0.530 e. The molecule has 1 aliphatic rings. The molecule has 0 atom stereocenters. The van der Waals surface area contributed by atoms with E-state index in [1.165, 1.54) is 19.6 Å². The SMILES string of the molecule is O=C([O-])N(CCCCCN1CCCN(CCCCCN(Cc2ccccc2)C(=O)[O-])CCN(CCCCCN(Cc2ccccc2)C(=O)[O-])CCCN(CCCCCN(Cc2ccccc2)C(=O)[O-])CC1)Cc1ccccc1. The Labute approximate surface area is 465 Å². The van der Waals surface area contributed by atoms with Crippen molar-refractivity contribution in [1.29, 1.82) is 0 Å². The van der Waals surface area contributed by atoms with E-state index >= 15 is 0 Å². The molecule has 1 fully saturated rings. The van der Waals surface area contributed by atoms with E-state index in [1.54, 1.807) is 0 Å². The number of carbonyl (C=O) groups excluding carboxylic acids is 4. The fourth-order valence-corrected chi connectivity index (χ4v) is 10.4. The standard InChI is InChI=1S/C62H92N8O8/c71-59(72)67(51-55-27-9-1-10-28-55)43-21-5-17-35-63-39-25-40-65(37-19-7-23-45-69(61(75)76)53-57-31-13-3-14-32-57)49-50-66(38-20-8-24-46-70(62(77)78)54-58-33-15-4-16-34-58)42-26-41-64(48-47-63)36-18-6-22-44-68(60(73)74)52-56-29-11-2-12-30-56/h1-4,9-16,27-34H,5-8,17-26,35-54H2,(H,71,72)(H,73,74)(H,75,76)(H,77,78)/p-4. The second kappa shape index (κ2) is 37.6. The maximum absolute atomic E-state index is 12.0. The van der Waals surface area contributed by atoms with Gasteiger partial charge in [-0.3, -0.25) is 0 Å². The maximum Gasteiger partial charge on any atom is 0.137 e. The zero-order valence-corrected chi connectivity index (χ0v) is 46.4. The van der Waals surface area contributed by atoms with Crippen molar-refractivity contribution < 1.29 is 39.6 Å². The molecule has 0 N–H and O–H groups in total. The van der Waals surface area contributed by atoms with Crippen molar-refractivity contribution in [2.45, 2.75) is 116 Å². The number of amides is 4. The van der Waals surface area contributed by atoms with Crippen LogP contribution in [0.2, 0.25) is 0 Å². The average molecular weight is 1070 g/mol. The molecule has 428 valence electrons. The molecule has 4 aromatic carbocycles. The summed E-state index contributed by atoms with van der Waals surface area (Å²) >= 11 is 0. The van der Waals surface area contributed by atoms with Crippen molar-refractivity contribution >= 4 is 24.4 Å². The highest BCUT2D eigenvalue weighted by molar-refractivity contribution is 5.63. The first-order valence-electron chi connectivity index (χ1n) is 28.9. The van der Waals surface area contributed by atoms with Gasteiger partial charge in [-0.25, -0.2) is 0 Å². The summed E-state index contributed by atoms with van der Waals surface area (Å²) in [7, 11) is 0. The Morgan fingerprint density at radius 3 is 0.692 bits per heavy atom. The normalized spacial score (nSPS) is 14.6. The van der Waals surface area contributed by atoms with E-state index in [0.717, 1.165) is 191 Å². The molecule has 0 aromatic heterocycles. The van der Waals surface area contributed by atoms with Gasteiger partial charge in [0.1, 0.15) is 24.4 Å². The van der Waals surface area contributed by atoms with Crippen LogP contribution in [0.4, 0.5) is 19.2 Å². The quantitative estimate of drug-likeness (QED) is 0.0517. The number of rotatable bonds is 32. The van der Waals surface area contributed by atoms with Gasteiger partial charge in [-0.15, -0.1) is 0 Å². The lowest BCUT2D eigenvalue weighted by atomic mass is 10.1. The average Bonchev–Trinajstić information content (AvgIpc) is 3.44. The lowest BCUT2D eigenvalue weighted by Crippen LogP contribution is -2.42. The van der Waals surface area contributed by atoms with E-state index in [1.807, 2.05) is 121 Å². The molecule has 78 heavy (non-hydrogen) atoms. The minimum absolute atomic E-state index is 0.315. The van der Waals surface area contributed by atoms with Crippen molar-refractivity contribution in [3.8, 4) is 0 Å². The van der Waals surface area contributed by atoms with E-state index in [0.29, 0.717) is 52.4 Å². The number of hydrogen-bond acceptors (Lipinski definition) is 12. The summed E-state index contributed by atoms with van der Waals surface area (Å²) in [6, 6.07) is 38.5. The number of hydrogen-bond donors (Lipinski definition) is 0. The van der Waals surface area contributed by atoms with Crippen LogP contribution >= 0.6 is 0 Å². The van der Waals surface area contributed by atoms with Gasteiger partial charge in [-0.2, -0.15) is 0 Å². The number of unbranched alkanes of at least 4 members (excludes halogenated alkanes) is 8. The van der Waals surface area contributed by atoms with E-state index in [2.05, 4.69) is 19.6 Å². The maximum atomic E-state index is 12.0. The molecular formula is C62H88N8O8-4. The Balaban J connectivity index is 1.20. The first-order valence-corrected chi connectivity index (χ1v) is 28.9. The molecule has 1 aliphatic heterocycles. The molecule has 4 aromatic rings. The highest BCUT2D eigenvalue weighted by Crippen LogP contribution is 2.14. The molecule has 0 bridgehead atoms. The smallest absolute Gasteiger partial charge is 0.137 e. The summed E-state index contributed by atoms with van der Waals surface area (Å²) < 4.78 is 0. The predicted molar refractivity (Wildman–Crippen MR) is 299 cm³/mol. The zero-order chi connectivity index (χ0) is 55.4. The molecular weight excluding hydrogens is 985 g/mol. The molecule has 16 nitrogen and oxygen atoms in total. The Kier molecular flexibility index (Phi) is 30.2. The molecule has 0 spiro atoms. The minimum atomic E-state index is -1.15. The summed E-state index contributed by atoms with van der Waals surface area (Å²) in [5.74, 6) is 0. The van der Waals surface area contributed by atoms with Gasteiger partial charge >= 0.3 is 0 Å². The fourth-order valence-electron chi connectivity index (χ4n) is 10.4. The third-order valence-corrected chi connectivity index (χ3v) is 14.9. The third kappa shape index (κ3) is 26.4. The summed E-state index contributed by atoms with van der Waals surface area (Å²) in [4.78, 5) is 64.1. The number of nitrogens with zero attached hydrogens (tertiary/aromatic N) is 8. The van der Waals surface area contributed by atoms with Crippen LogP contribution in [0.15, 0.2) is 121 Å². The van der Waals surface area contributed by atoms with Crippen molar-refractivity contribution in [2.75, 3.05) is 105 Å². The summed E-state index contributed by atoms with van der Waals surface area (Å²) in [6.07, 6.45) is 7.81. The van der Waals surface area contributed by atoms with Gasteiger partial charge in [-0.05, 0) is 139 Å². The van der Waals surface area contributed by atoms with E-state index in [4.69, 9.17) is 0 Å². The third-order valence-electron chi connectivity index (χ3n) is 14.9. The Bertz CT molecular complexity index is 1920. The van der Waals surface area contributed by atoms with Crippen LogP contribution in [0.3, 0.4) is 0 Å². The van der Waals surface area contributed by atoms with Crippen LogP contribution in [0.1, 0.15) is 112 Å².